The molecule has 0 N–H and O–H groups in total. The van der Waals surface area contributed by atoms with Crippen LogP contribution in [0.25, 0.3) is 0 Å². The zero-order chi connectivity index (χ0) is 23.1. The van der Waals surface area contributed by atoms with Gasteiger partial charge in [0.05, 0.1) is 0 Å². The molecule has 0 rings (SSSR count). The number of alkyl halides is 12. The van der Waals surface area contributed by atoms with Gasteiger partial charge < -0.3 is 59.5 Å². The van der Waals surface area contributed by atoms with Crippen LogP contribution >= 0.6 is 24.4 Å². The van der Waals surface area contributed by atoms with Gasteiger partial charge in [-0.05, 0) is 0 Å². The number of halogens is 12. The van der Waals surface area contributed by atoms with E-state index in [2.05, 4.69) is 49.7 Å². The first-order chi connectivity index (χ1) is 12.0. The van der Waals surface area contributed by atoms with Gasteiger partial charge in [-0.2, -0.15) is 52.7 Å². The van der Waals surface area contributed by atoms with Gasteiger partial charge in [0.25, 0.3) is 0 Å². The van der Waals surface area contributed by atoms with Crippen LogP contribution in [0, 0.1) is 0 Å². The van der Waals surface area contributed by atoms with Crippen LogP contribution < -0.4 is 0 Å². The average Bonchev–Trinajstić information content (AvgIpc) is 2.30. The summed E-state index contributed by atoms with van der Waals surface area (Å²) < 4.78 is 139. The summed E-state index contributed by atoms with van der Waals surface area (Å²) in [6.45, 7) is -7.13. The second kappa shape index (κ2) is 12.7. The zero-order valence-corrected chi connectivity index (χ0v) is 17.5. The summed E-state index contributed by atoms with van der Waals surface area (Å²) >= 11 is 16.4. The molecule has 0 saturated heterocycles. The molecule has 2 nitrogen and oxygen atoms in total. The molecule has 0 bridgehead atoms. The van der Waals surface area contributed by atoms with Crippen molar-refractivity contribution in [3.63, 3.8) is 0 Å². The Bertz CT molecular complexity index is 439. The number of hydrogen-bond acceptors (Lipinski definition) is 4. The maximum atomic E-state index is 11.7. The van der Waals surface area contributed by atoms with Crippen molar-refractivity contribution in [2.24, 2.45) is 0 Å². The van der Waals surface area contributed by atoms with Crippen molar-refractivity contribution in [1.82, 2.24) is 9.80 Å². The van der Waals surface area contributed by atoms with E-state index in [0.717, 1.165) is 0 Å². The molecule has 0 radical (unpaired) electrons. The third-order valence-corrected chi connectivity index (χ3v) is 3.03. The summed E-state index contributed by atoms with van der Waals surface area (Å²) in [5, 5.41) is 0. The maximum Gasteiger partial charge on any atom is 2.00 e. The minimum absolute atomic E-state index is 0. The van der Waals surface area contributed by atoms with Crippen molar-refractivity contribution in [1.29, 1.82) is 0 Å². The van der Waals surface area contributed by atoms with Gasteiger partial charge in [0.1, 0.15) is 26.2 Å². The van der Waals surface area contributed by atoms with Crippen LogP contribution in [0.3, 0.4) is 0 Å². The maximum absolute atomic E-state index is 11.7. The van der Waals surface area contributed by atoms with Gasteiger partial charge in [-0.3, -0.25) is 0 Å². The Kier molecular flexibility index (Phi) is 14.6. The molecule has 0 aromatic rings. The normalized spacial score (nSPS) is 12.3. The molecular formula is C10H8F12N2NiS4. The van der Waals surface area contributed by atoms with Gasteiger partial charge in [-0.25, -0.2) is 0 Å². The number of hydrogen-bond donors (Lipinski definition) is 0. The van der Waals surface area contributed by atoms with E-state index in [1.165, 1.54) is 0 Å². The summed E-state index contributed by atoms with van der Waals surface area (Å²) in [6.07, 6.45) is -19.0. The molecular weight excluding hydrogens is 563 g/mol. The number of rotatable bonds is 4. The number of nitrogens with zero attached hydrogens (tertiary/aromatic N) is 2. The first-order valence-electron chi connectivity index (χ1n) is 6.21. The van der Waals surface area contributed by atoms with E-state index in [0.29, 0.717) is 0 Å². The second-order valence-electron chi connectivity index (χ2n) is 4.70. The summed E-state index contributed by atoms with van der Waals surface area (Å²) in [5.41, 5.74) is 0. The van der Waals surface area contributed by atoms with Crippen molar-refractivity contribution in [3.8, 4) is 0 Å². The minimum Gasteiger partial charge on any atom is -0.411 e. The van der Waals surface area contributed by atoms with Gasteiger partial charge in [-0.1, -0.05) is 8.64 Å². The van der Waals surface area contributed by atoms with Crippen LogP contribution in [0.4, 0.5) is 52.7 Å². The Morgan fingerprint density at radius 1 is 0.517 bits per heavy atom. The molecule has 0 amide bonds. The van der Waals surface area contributed by atoms with Gasteiger partial charge in [-0.15, -0.1) is 0 Å². The largest absolute Gasteiger partial charge is 2.00 e. The van der Waals surface area contributed by atoms with E-state index in [9.17, 15) is 52.7 Å². The van der Waals surface area contributed by atoms with Crippen LogP contribution in [-0.2, 0) is 41.7 Å². The molecule has 0 aliphatic rings. The van der Waals surface area contributed by atoms with Crippen LogP contribution in [0.1, 0.15) is 0 Å². The second-order valence-corrected chi connectivity index (χ2v) is 6.77. The van der Waals surface area contributed by atoms with Crippen molar-refractivity contribution in [2.75, 3.05) is 26.2 Å². The molecule has 0 heterocycles. The fraction of sp³-hybridized carbons (Fsp3) is 0.800. The molecule has 176 valence electrons. The third kappa shape index (κ3) is 24.0. The molecule has 0 spiro atoms. The minimum atomic E-state index is -4.76. The average molecular weight is 571 g/mol. The van der Waals surface area contributed by atoms with Gasteiger partial charge in [0.15, 0.2) is 0 Å². The molecule has 0 aromatic carbocycles. The predicted octanol–water partition coefficient (Wildman–Crippen LogP) is 4.49. The van der Waals surface area contributed by atoms with E-state index in [1.807, 2.05) is 0 Å². The van der Waals surface area contributed by atoms with E-state index >= 15 is 0 Å². The van der Waals surface area contributed by atoms with Crippen LogP contribution in [0.2, 0.25) is 0 Å². The smallest absolute Gasteiger partial charge is 0.411 e. The molecule has 19 heteroatoms. The fourth-order valence-electron chi connectivity index (χ4n) is 1.24. The Morgan fingerprint density at radius 2 is 0.655 bits per heavy atom. The van der Waals surface area contributed by atoms with Crippen molar-refractivity contribution >= 4 is 58.3 Å². The van der Waals surface area contributed by atoms with E-state index in [1.54, 1.807) is 0 Å². The predicted molar refractivity (Wildman–Crippen MR) is 87.3 cm³/mol. The topological polar surface area (TPSA) is 6.48 Å². The Labute approximate surface area is 188 Å². The third-order valence-electron chi connectivity index (χ3n) is 2.00. The summed E-state index contributed by atoms with van der Waals surface area (Å²) in [6, 6.07) is 0. The molecule has 0 unspecified atom stereocenters. The zero-order valence-electron chi connectivity index (χ0n) is 13.2. The monoisotopic (exact) mass is 570 g/mol. The Balaban J connectivity index is -0.000000451. The molecule has 0 saturated carbocycles. The van der Waals surface area contributed by atoms with Gasteiger partial charge >= 0.3 is 41.2 Å². The Morgan fingerprint density at radius 3 is 0.724 bits per heavy atom. The van der Waals surface area contributed by atoms with Crippen LogP contribution in [-0.4, -0.2) is 69.3 Å². The SMILES string of the molecule is FC(F)(F)CN(CC(F)(F)F)C(=S)[S-].FC(F)(F)CN(CC(F)(F)F)C(=S)[S-].[Ni+2]. The first kappa shape index (κ1) is 33.5. The summed E-state index contributed by atoms with van der Waals surface area (Å²) in [7, 11) is 0. The quantitative estimate of drug-likeness (QED) is 0.211. The van der Waals surface area contributed by atoms with E-state index < -0.39 is 59.5 Å². The van der Waals surface area contributed by atoms with E-state index in [4.69, 9.17) is 0 Å². The first-order valence-corrected chi connectivity index (χ1v) is 7.84. The molecule has 0 fully saturated rings. The van der Waals surface area contributed by atoms with Crippen molar-refractivity contribution in [2.45, 2.75) is 24.7 Å². The molecule has 0 aromatic heterocycles. The summed E-state index contributed by atoms with van der Waals surface area (Å²) in [4.78, 5) is -0.241. The molecule has 0 aliphatic carbocycles. The van der Waals surface area contributed by atoms with Gasteiger partial charge in [0.2, 0.25) is 0 Å². The van der Waals surface area contributed by atoms with Crippen LogP contribution in [0.5, 0.6) is 0 Å². The Hall–Kier alpha value is -0.126. The fourth-order valence-corrected chi connectivity index (χ4v) is 1.75. The summed E-state index contributed by atoms with van der Waals surface area (Å²) in [5.74, 6) is 0. The van der Waals surface area contributed by atoms with Gasteiger partial charge in [0, 0.05) is 0 Å². The van der Waals surface area contributed by atoms with Crippen LogP contribution in [0.15, 0.2) is 0 Å². The van der Waals surface area contributed by atoms with Crippen molar-refractivity contribution in [3.05, 3.63) is 0 Å². The standard InChI is InChI=1S/2C5H5F6NS2.Ni/c2*6-4(7,8)1-12(3(13)14)2-5(9,10)11;/h2*1-2H2,(H,13,14);/q;;+2/p-2. The number of thiocarbonyl (C=S) groups is 2. The molecule has 29 heavy (non-hydrogen) atoms. The van der Waals surface area contributed by atoms with Crippen molar-refractivity contribution < 1.29 is 69.2 Å². The van der Waals surface area contributed by atoms with E-state index in [-0.39, 0.29) is 26.3 Å². The molecule has 0 aliphatic heterocycles. The molecule has 0 atom stereocenters.